The standard InChI is InChI=1S/CH4O9P2.2Ca.4H/c2-1(3)9-12(7,8)10-11(4,5)6;;;;;;/h(H,2,3)(H,7,8)(H2,4,5,6);;;;;;. The molecule has 0 aliphatic carbocycles. The summed E-state index contributed by atoms with van der Waals surface area (Å²) in [4.78, 5) is 33.8. The van der Waals surface area contributed by atoms with E-state index in [2.05, 4.69) is 8.83 Å². The Morgan fingerprint density at radius 3 is 1.64 bits per heavy atom. The van der Waals surface area contributed by atoms with Gasteiger partial charge in [-0.2, -0.15) is 4.31 Å². The van der Waals surface area contributed by atoms with Gasteiger partial charge in [-0.3, -0.25) is 4.89 Å². The Bertz CT molecular complexity index is 268. The number of carbonyl (C=O) groups is 1. The van der Waals surface area contributed by atoms with Gasteiger partial charge in [0.15, 0.2) is 0 Å². The number of phosphoric acid groups is 2. The second-order valence-electron chi connectivity index (χ2n) is 1.40. The van der Waals surface area contributed by atoms with Gasteiger partial charge in [0.2, 0.25) is 0 Å². The Hall–Kier alpha value is 2.09. The molecule has 0 aromatic rings. The molecule has 13 heteroatoms. The van der Waals surface area contributed by atoms with Gasteiger partial charge < -0.3 is 19.4 Å². The summed E-state index contributed by atoms with van der Waals surface area (Å²) in [6, 6.07) is 0. The molecule has 4 N–H and O–H groups in total. The van der Waals surface area contributed by atoms with Crippen LogP contribution in [0.3, 0.4) is 0 Å². The Morgan fingerprint density at radius 1 is 1.07 bits per heavy atom. The Labute approximate surface area is 138 Å². The van der Waals surface area contributed by atoms with Gasteiger partial charge in [0, 0.05) is 0 Å². The van der Waals surface area contributed by atoms with Crippen molar-refractivity contribution < 1.29 is 42.5 Å². The fraction of sp³-hybridized carbons (Fsp3) is 0. The summed E-state index contributed by atoms with van der Waals surface area (Å²) >= 11 is 0. The fourth-order valence-corrected chi connectivity index (χ4v) is 1.66. The molecule has 0 saturated carbocycles. The van der Waals surface area contributed by atoms with E-state index in [9.17, 15) is 13.9 Å². The number of carboxylic acid groups (broad SMARTS) is 1. The van der Waals surface area contributed by atoms with Gasteiger partial charge in [-0.05, 0) is 0 Å². The maximum absolute atomic E-state index is 10.3. The van der Waals surface area contributed by atoms with Crippen molar-refractivity contribution in [3.63, 3.8) is 0 Å². The molecule has 14 heavy (non-hydrogen) atoms. The summed E-state index contributed by atoms with van der Waals surface area (Å²) in [5.74, 6) is 0. The molecule has 0 aliphatic rings. The van der Waals surface area contributed by atoms with Gasteiger partial charge in [0.1, 0.15) is 0 Å². The normalized spacial score (nSPS) is 14.2. The molecule has 0 amide bonds. The number of hydrogen-bond acceptors (Lipinski definition) is 5. The number of phosphoric ester groups is 1. The van der Waals surface area contributed by atoms with E-state index in [4.69, 9.17) is 19.8 Å². The molecule has 0 fully saturated rings. The molecular formula is CH8Ca2O9P2. The van der Waals surface area contributed by atoms with Crippen LogP contribution in [-0.4, -0.2) is 101 Å². The number of rotatable bonds is 3. The van der Waals surface area contributed by atoms with Crippen LogP contribution in [0.2, 0.25) is 0 Å². The zero-order valence-electron chi connectivity index (χ0n) is 5.22. The molecule has 9 nitrogen and oxygen atoms in total. The van der Waals surface area contributed by atoms with Crippen molar-refractivity contribution in [3.8, 4) is 0 Å². The zero-order valence-corrected chi connectivity index (χ0v) is 7.01. The van der Waals surface area contributed by atoms with Crippen LogP contribution >= 0.6 is 15.6 Å². The van der Waals surface area contributed by atoms with E-state index in [1.54, 1.807) is 0 Å². The van der Waals surface area contributed by atoms with E-state index in [1.165, 1.54) is 0 Å². The van der Waals surface area contributed by atoms with E-state index >= 15 is 0 Å². The fourth-order valence-electron chi connectivity index (χ4n) is 0.250. The Morgan fingerprint density at radius 2 is 1.43 bits per heavy atom. The maximum atomic E-state index is 10.3. The van der Waals surface area contributed by atoms with Crippen molar-refractivity contribution in [2.24, 2.45) is 0 Å². The molecule has 0 heterocycles. The SMILES string of the molecule is O=C(O)OP(=O)(O)OP(=O)(O)O.[CaH2].[CaH2]. The van der Waals surface area contributed by atoms with Gasteiger partial charge >= 0.3 is 97.3 Å². The van der Waals surface area contributed by atoms with Crippen LogP contribution in [0.25, 0.3) is 0 Å². The summed E-state index contributed by atoms with van der Waals surface area (Å²) in [6.07, 6.45) is -2.19. The predicted octanol–water partition coefficient (Wildman–Crippen LogP) is -1.94. The third-order valence-corrected chi connectivity index (χ3v) is 2.47. The van der Waals surface area contributed by atoms with Crippen molar-refractivity contribution in [1.82, 2.24) is 0 Å². The molecule has 80 valence electrons. The average molecular weight is 306 g/mol. The summed E-state index contributed by atoms with van der Waals surface area (Å²) < 4.78 is 26.4. The van der Waals surface area contributed by atoms with Crippen LogP contribution in [0.4, 0.5) is 4.79 Å². The van der Waals surface area contributed by atoms with Gasteiger partial charge in [-0.25, -0.2) is 13.9 Å². The van der Waals surface area contributed by atoms with Crippen LogP contribution < -0.4 is 0 Å². The molecule has 0 aromatic heterocycles. The third kappa shape index (κ3) is 14.1. The molecule has 0 aliphatic heterocycles. The first-order valence-corrected chi connectivity index (χ1v) is 5.17. The van der Waals surface area contributed by atoms with Crippen LogP contribution in [0, 0.1) is 0 Å². The molecule has 0 spiro atoms. The second-order valence-corrected chi connectivity index (χ2v) is 4.15. The topological polar surface area (TPSA) is 151 Å². The van der Waals surface area contributed by atoms with Gasteiger partial charge in [-0.1, -0.05) is 0 Å². The summed E-state index contributed by atoms with van der Waals surface area (Å²) in [6.45, 7) is 0. The van der Waals surface area contributed by atoms with E-state index in [-0.39, 0.29) is 75.5 Å². The van der Waals surface area contributed by atoms with Crippen LogP contribution in [0.1, 0.15) is 0 Å². The first kappa shape index (κ1) is 21.4. The van der Waals surface area contributed by atoms with Gasteiger partial charge in [-0.15, -0.1) is 0 Å². The van der Waals surface area contributed by atoms with Crippen LogP contribution in [-0.2, 0) is 18.0 Å². The van der Waals surface area contributed by atoms with Crippen molar-refractivity contribution in [3.05, 3.63) is 0 Å². The minimum atomic E-state index is -5.24. The first-order valence-electron chi connectivity index (χ1n) is 2.14. The zero-order chi connectivity index (χ0) is 9.99. The molecule has 1 unspecified atom stereocenters. The third-order valence-electron chi connectivity index (χ3n) is 0.403. The van der Waals surface area contributed by atoms with E-state index in [0.717, 1.165) is 0 Å². The van der Waals surface area contributed by atoms with E-state index < -0.39 is 21.8 Å². The Kier molecular flexibility index (Phi) is 12.6. The molecular weight excluding hydrogens is 298 g/mol. The molecule has 0 saturated heterocycles. The molecule has 0 radical (unpaired) electrons. The van der Waals surface area contributed by atoms with Crippen molar-refractivity contribution >= 4 is 97.3 Å². The number of hydrogen-bond donors (Lipinski definition) is 4. The quantitative estimate of drug-likeness (QED) is 0.345. The Balaban J connectivity index is -0.000000605. The van der Waals surface area contributed by atoms with Crippen molar-refractivity contribution in [2.75, 3.05) is 0 Å². The summed E-state index contributed by atoms with van der Waals surface area (Å²) in [5.41, 5.74) is 0. The van der Waals surface area contributed by atoms with Gasteiger partial charge in [0.05, 0.1) is 0 Å². The predicted molar refractivity (Wildman–Crippen MR) is 49.2 cm³/mol. The van der Waals surface area contributed by atoms with Crippen LogP contribution in [0.15, 0.2) is 0 Å². The van der Waals surface area contributed by atoms with E-state index in [0.29, 0.717) is 0 Å². The summed E-state index contributed by atoms with van der Waals surface area (Å²) in [5, 5.41) is 7.76. The molecule has 0 bridgehead atoms. The van der Waals surface area contributed by atoms with Crippen molar-refractivity contribution in [2.45, 2.75) is 0 Å². The van der Waals surface area contributed by atoms with Crippen LogP contribution in [0.5, 0.6) is 0 Å². The summed E-state index contributed by atoms with van der Waals surface area (Å²) in [7, 11) is -10.5. The van der Waals surface area contributed by atoms with Gasteiger partial charge in [0.25, 0.3) is 0 Å². The first-order chi connectivity index (χ1) is 5.12. The minimum absolute atomic E-state index is 0. The molecule has 0 aromatic carbocycles. The molecule has 0 rings (SSSR count). The van der Waals surface area contributed by atoms with E-state index in [1.807, 2.05) is 0 Å². The average Bonchev–Trinajstić information content (AvgIpc) is 1.48. The monoisotopic (exact) mass is 306 g/mol. The second kappa shape index (κ2) is 8.22. The molecule has 1 atom stereocenters. The van der Waals surface area contributed by atoms with Crippen molar-refractivity contribution in [1.29, 1.82) is 0 Å².